The average Bonchev–Trinajstić information content (AvgIpc) is 3.06. The molecule has 21 heavy (non-hydrogen) atoms. The summed E-state index contributed by atoms with van der Waals surface area (Å²) >= 11 is 0. The second-order valence-corrected chi connectivity index (χ2v) is 5.40. The van der Waals surface area contributed by atoms with Gasteiger partial charge in [0.1, 0.15) is 11.6 Å². The zero-order valence-corrected chi connectivity index (χ0v) is 12.1. The lowest BCUT2D eigenvalue weighted by Gasteiger charge is -2.24. The largest absolute Gasteiger partial charge is 0.361 e. The number of rotatable bonds is 2. The molecule has 110 valence electrons. The first-order chi connectivity index (χ1) is 10.1. The van der Waals surface area contributed by atoms with Crippen LogP contribution >= 0.6 is 0 Å². The molecule has 0 unspecified atom stereocenters. The standard InChI is InChI=1S/C16H17FN2O2/c1-10-15(11(2)21-18-10)14-4-3-9-19(14)16(20)12-5-7-13(17)8-6-12/h5-8,14H,3-4,9H2,1-2H3/t14-/m1/s1. The van der Waals surface area contributed by atoms with E-state index in [-0.39, 0.29) is 17.8 Å². The van der Waals surface area contributed by atoms with Crippen LogP contribution in [0.5, 0.6) is 0 Å². The van der Waals surface area contributed by atoms with Crippen molar-refractivity contribution < 1.29 is 13.7 Å². The van der Waals surface area contributed by atoms with Crippen molar-refractivity contribution in [3.8, 4) is 0 Å². The predicted molar refractivity (Wildman–Crippen MR) is 75.4 cm³/mol. The Hall–Kier alpha value is -2.17. The first kappa shape index (κ1) is 13.8. The van der Waals surface area contributed by atoms with Crippen molar-refractivity contribution in [1.82, 2.24) is 10.1 Å². The zero-order valence-electron chi connectivity index (χ0n) is 12.1. The summed E-state index contributed by atoms with van der Waals surface area (Å²) in [5, 5.41) is 3.98. The molecule has 1 amide bonds. The van der Waals surface area contributed by atoms with E-state index in [2.05, 4.69) is 5.16 Å². The summed E-state index contributed by atoms with van der Waals surface area (Å²) in [6.45, 7) is 4.46. The van der Waals surface area contributed by atoms with Crippen molar-refractivity contribution in [1.29, 1.82) is 0 Å². The Morgan fingerprint density at radius 1 is 1.33 bits per heavy atom. The van der Waals surface area contributed by atoms with E-state index >= 15 is 0 Å². The Morgan fingerprint density at radius 2 is 2.05 bits per heavy atom. The fourth-order valence-electron chi connectivity index (χ4n) is 3.03. The van der Waals surface area contributed by atoms with Gasteiger partial charge < -0.3 is 9.42 Å². The van der Waals surface area contributed by atoms with Crippen LogP contribution in [0.3, 0.4) is 0 Å². The molecule has 1 atom stereocenters. The molecule has 0 radical (unpaired) electrons. The van der Waals surface area contributed by atoms with Crippen molar-refractivity contribution in [2.45, 2.75) is 32.7 Å². The number of aryl methyl sites for hydroxylation is 2. The highest BCUT2D eigenvalue weighted by molar-refractivity contribution is 5.94. The molecule has 0 N–H and O–H groups in total. The van der Waals surface area contributed by atoms with Crippen molar-refractivity contribution in [3.63, 3.8) is 0 Å². The summed E-state index contributed by atoms with van der Waals surface area (Å²) in [4.78, 5) is 14.5. The van der Waals surface area contributed by atoms with Crippen LogP contribution in [0.2, 0.25) is 0 Å². The number of likely N-dealkylation sites (tertiary alicyclic amines) is 1. The molecule has 1 fully saturated rings. The van der Waals surface area contributed by atoms with Crippen LogP contribution in [-0.2, 0) is 0 Å². The monoisotopic (exact) mass is 288 g/mol. The molecule has 0 saturated carbocycles. The van der Waals surface area contributed by atoms with E-state index in [9.17, 15) is 9.18 Å². The van der Waals surface area contributed by atoms with Gasteiger partial charge in [0.05, 0.1) is 11.7 Å². The summed E-state index contributed by atoms with van der Waals surface area (Å²) in [6, 6.07) is 5.68. The maximum atomic E-state index is 13.0. The molecule has 4 nitrogen and oxygen atoms in total. The first-order valence-corrected chi connectivity index (χ1v) is 7.07. The molecule has 1 saturated heterocycles. The molecule has 3 rings (SSSR count). The van der Waals surface area contributed by atoms with E-state index < -0.39 is 0 Å². The van der Waals surface area contributed by atoms with Gasteiger partial charge >= 0.3 is 0 Å². The van der Waals surface area contributed by atoms with Crippen molar-refractivity contribution in [2.75, 3.05) is 6.54 Å². The Balaban J connectivity index is 1.90. The van der Waals surface area contributed by atoms with Crippen LogP contribution in [0, 0.1) is 19.7 Å². The minimum absolute atomic E-state index is 0.00574. The molecule has 1 aliphatic heterocycles. The van der Waals surface area contributed by atoms with Gasteiger partial charge in [0.25, 0.3) is 5.91 Å². The second kappa shape index (κ2) is 5.31. The summed E-state index contributed by atoms with van der Waals surface area (Å²) < 4.78 is 18.2. The number of halogens is 1. The molecule has 1 aromatic carbocycles. The normalized spacial score (nSPS) is 18.2. The molecule has 5 heteroatoms. The summed E-state index contributed by atoms with van der Waals surface area (Å²) in [5.41, 5.74) is 2.34. The van der Waals surface area contributed by atoms with Gasteiger partial charge in [-0.1, -0.05) is 5.16 Å². The van der Waals surface area contributed by atoms with Crippen LogP contribution in [0.4, 0.5) is 4.39 Å². The van der Waals surface area contributed by atoms with E-state index in [1.54, 1.807) is 0 Å². The number of amides is 1. The molecule has 1 aliphatic rings. The minimum atomic E-state index is -0.338. The van der Waals surface area contributed by atoms with Gasteiger partial charge in [-0.05, 0) is 51.0 Å². The molecular formula is C16H17FN2O2. The Morgan fingerprint density at radius 3 is 2.67 bits per heavy atom. The number of carbonyl (C=O) groups excluding carboxylic acids is 1. The number of hydrogen-bond acceptors (Lipinski definition) is 3. The first-order valence-electron chi connectivity index (χ1n) is 7.07. The maximum absolute atomic E-state index is 13.0. The number of nitrogens with zero attached hydrogens (tertiary/aromatic N) is 2. The van der Waals surface area contributed by atoms with Gasteiger partial charge in [0, 0.05) is 17.7 Å². The Bertz CT molecular complexity index is 644. The quantitative estimate of drug-likeness (QED) is 0.850. The maximum Gasteiger partial charge on any atom is 0.254 e. The van der Waals surface area contributed by atoms with Gasteiger partial charge in [-0.3, -0.25) is 4.79 Å². The van der Waals surface area contributed by atoms with E-state index in [1.807, 2.05) is 18.7 Å². The van der Waals surface area contributed by atoms with Gasteiger partial charge in [-0.15, -0.1) is 0 Å². The molecular weight excluding hydrogens is 271 g/mol. The number of carbonyl (C=O) groups is 1. The van der Waals surface area contributed by atoms with Crippen LogP contribution in [-0.4, -0.2) is 22.5 Å². The van der Waals surface area contributed by atoms with Crippen LogP contribution in [0.1, 0.15) is 46.3 Å². The zero-order chi connectivity index (χ0) is 15.0. The SMILES string of the molecule is Cc1noc(C)c1[C@H]1CCCN1C(=O)c1ccc(F)cc1. The van der Waals surface area contributed by atoms with Crippen LogP contribution < -0.4 is 0 Å². The van der Waals surface area contributed by atoms with Crippen molar-refractivity contribution >= 4 is 5.91 Å². The molecule has 2 heterocycles. The van der Waals surface area contributed by atoms with E-state index in [1.165, 1.54) is 24.3 Å². The molecule has 2 aromatic rings. The second-order valence-electron chi connectivity index (χ2n) is 5.40. The molecule has 0 spiro atoms. The third kappa shape index (κ3) is 2.44. The predicted octanol–water partition coefficient (Wildman–Crippen LogP) is 3.41. The van der Waals surface area contributed by atoms with Crippen LogP contribution in [0.15, 0.2) is 28.8 Å². The van der Waals surface area contributed by atoms with Gasteiger partial charge in [-0.25, -0.2) is 4.39 Å². The summed E-state index contributed by atoms with van der Waals surface area (Å²) in [5.74, 6) is 0.351. The molecule has 0 aliphatic carbocycles. The fourth-order valence-corrected chi connectivity index (χ4v) is 3.03. The summed E-state index contributed by atoms with van der Waals surface area (Å²) in [6.07, 6.45) is 1.84. The highest BCUT2D eigenvalue weighted by Gasteiger charge is 2.34. The van der Waals surface area contributed by atoms with Crippen LogP contribution in [0.25, 0.3) is 0 Å². The third-order valence-electron chi connectivity index (χ3n) is 4.03. The smallest absolute Gasteiger partial charge is 0.254 e. The third-order valence-corrected chi connectivity index (χ3v) is 4.03. The lowest BCUT2D eigenvalue weighted by atomic mass is 10.0. The van der Waals surface area contributed by atoms with E-state index in [0.717, 1.165) is 29.9 Å². The highest BCUT2D eigenvalue weighted by atomic mass is 19.1. The van der Waals surface area contributed by atoms with Crippen molar-refractivity contribution in [3.05, 3.63) is 52.7 Å². The number of hydrogen-bond donors (Lipinski definition) is 0. The Kier molecular flexibility index (Phi) is 3.49. The minimum Gasteiger partial charge on any atom is -0.361 e. The molecule has 0 bridgehead atoms. The summed E-state index contributed by atoms with van der Waals surface area (Å²) in [7, 11) is 0. The lowest BCUT2D eigenvalue weighted by molar-refractivity contribution is 0.0734. The topological polar surface area (TPSA) is 46.3 Å². The van der Waals surface area contributed by atoms with Crippen molar-refractivity contribution in [2.24, 2.45) is 0 Å². The fraction of sp³-hybridized carbons (Fsp3) is 0.375. The molecule has 1 aromatic heterocycles. The Labute approximate surface area is 122 Å². The van der Waals surface area contributed by atoms with E-state index in [4.69, 9.17) is 4.52 Å². The van der Waals surface area contributed by atoms with Gasteiger partial charge in [-0.2, -0.15) is 0 Å². The lowest BCUT2D eigenvalue weighted by Crippen LogP contribution is -2.31. The van der Waals surface area contributed by atoms with Gasteiger partial charge in [0.2, 0.25) is 0 Å². The van der Waals surface area contributed by atoms with E-state index in [0.29, 0.717) is 12.1 Å². The highest BCUT2D eigenvalue weighted by Crippen LogP contribution is 2.36. The average molecular weight is 288 g/mol. The number of benzene rings is 1. The number of aromatic nitrogens is 1. The van der Waals surface area contributed by atoms with Gasteiger partial charge in [0.15, 0.2) is 0 Å².